The quantitative estimate of drug-likeness (QED) is 0.166. The fourth-order valence-corrected chi connectivity index (χ4v) is 6.98. The van der Waals surface area contributed by atoms with Crippen LogP contribution < -0.4 is 4.90 Å². The average Bonchev–Trinajstić information content (AvgIpc) is 3.90. The SMILES string of the molecule is [2H]c1c([2H])c(-c2ccc3sc4ccccc4c3c2)c([2H])c(N(c2c([2H])c([2H])c(-c3c([2H])c([2H])c([2H])c4c([2H])c([2H])c([2H])c([2H])c34)c([2H])c2[2H])c2c([2H])c([2H])c(-c3c([2H])c([2H])c([2H])c4c([2H])c([2H])c([2H])c([2H])c34)c([2H])c2[2H])c1[2H]. The van der Waals surface area contributed by atoms with E-state index in [1.54, 1.807) is 18.2 Å². The molecule has 52 heavy (non-hydrogen) atoms. The van der Waals surface area contributed by atoms with Gasteiger partial charge in [-0.3, -0.25) is 0 Å². The summed E-state index contributed by atoms with van der Waals surface area (Å²) in [6.45, 7) is 0. The Labute approximate surface area is 343 Å². The van der Waals surface area contributed by atoms with E-state index in [0.29, 0.717) is 10.3 Å². The molecule has 0 spiro atoms. The smallest absolute Gasteiger partial charge is 0.0651 e. The fourth-order valence-electron chi connectivity index (χ4n) is 5.89. The standard InChI is InChI=1S/C50H33NS/c1-3-16-43-34(10-1)12-8-19-45(43)36-22-27-40(28-23-36)51(41-29-24-37(25-30-41)46-20-9-13-35-11-2-4-17-44(35)46)42-15-7-14-38(32-42)39-26-31-50-48(33-39)47-18-5-6-21-49(47)52-50/h1-33H/i1D,2D,3D,4D,7D,8D,9D,10D,11D,12D,13D,14D,15D,16D,17D,19D,20D,22D,23D,24D,25D,27D,28D,29D,30D,32D. The zero-order valence-electron chi connectivity index (χ0n) is 52.4. The van der Waals surface area contributed by atoms with Gasteiger partial charge in [0.05, 0.1) is 35.6 Å². The Morgan fingerprint density at radius 1 is 0.385 bits per heavy atom. The third-order valence-electron chi connectivity index (χ3n) is 8.30. The van der Waals surface area contributed by atoms with Crippen LogP contribution in [0.25, 0.3) is 75.1 Å². The molecule has 0 unspecified atom stereocenters. The molecule has 9 aromatic carbocycles. The Morgan fingerprint density at radius 3 is 1.60 bits per heavy atom. The number of hydrogen-bond donors (Lipinski definition) is 0. The molecule has 10 rings (SSSR count). The molecule has 0 amide bonds. The van der Waals surface area contributed by atoms with E-state index in [9.17, 15) is 16.4 Å². The molecule has 1 aromatic heterocycles. The lowest BCUT2D eigenvalue weighted by Crippen LogP contribution is -2.10. The van der Waals surface area contributed by atoms with Crippen LogP contribution in [-0.2, 0) is 0 Å². The Bertz CT molecular complexity index is 4150. The van der Waals surface area contributed by atoms with Gasteiger partial charge in [-0.2, -0.15) is 0 Å². The molecule has 0 aliphatic carbocycles. The van der Waals surface area contributed by atoms with Crippen LogP contribution in [0.4, 0.5) is 17.1 Å². The van der Waals surface area contributed by atoms with Crippen molar-refractivity contribution in [2.45, 2.75) is 0 Å². The van der Waals surface area contributed by atoms with E-state index >= 15 is 0 Å². The first-order valence-corrected chi connectivity index (χ1v) is 16.5. The summed E-state index contributed by atoms with van der Waals surface area (Å²) in [6.07, 6.45) is 0. The zero-order chi connectivity index (χ0) is 57.1. The summed E-state index contributed by atoms with van der Waals surface area (Å²) in [4.78, 5) is 0.502. The van der Waals surface area contributed by atoms with Crippen LogP contribution >= 0.6 is 11.3 Å². The van der Waals surface area contributed by atoms with Crippen LogP contribution in [0.2, 0.25) is 0 Å². The Balaban J connectivity index is 1.36. The van der Waals surface area contributed by atoms with Crippen molar-refractivity contribution in [3.63, 3.8) is 0 Å². The van der Waals surface area contributed by atoms with Crippen LogP contribution in [0, 0.1) is 0 Å². The summed E-state index contributed by atoms with van der Waals surface area (Å²) >= 11 is 1.44. The molecule has 0 saturated heterocycles. The number of nitrogens with zero attached hydrogens (tertiary/aromatic N) is 1. The molecule has 0 aliphatic heterocycles. The second kappa shape index (κ2) is 12.7. The summed E-state index contributed by atoms with van der Waals surface area (Å²) < 4.78 is 237. The average molecular weight is 706 g/mol. The molecule has 0 radical (unpaired) electrons. The number of hydrogen-bond acceptors (Lipinski definition) is 2. The van der Waals surface area contributed by atoms with Gasteiger partial charge in [0.25, 0.3) is 0 Å². The summed E-state index contributed by atoms with van der Waals surface area (Å²) in [6, 6.07) is -12.4. The Hall–Kier alpha value is -6.48. The molecule has 0 fully saturated rings. The molecule has 0 N–H and O–H groups in total. The molecule has 0 aliphatic rings. The molecule has 0 bridgehead atoms. The van der Waals surface area contributed by atoms with Gasteiger partial charge in [-0.05, 0) is 109 Å². The van der Waals surface area contributed by atoms with Crippen molar-refractivity contribution in [3.8, 4) is 33.4 Å². The minimum atomic E-state index is -1.17. The van der Waals surface area contributed by atoms with Gasteiger partial charge in [-0.1, -0.05) is 145 Å². The van der Waals surface area contributed by atoms with Gasteiger partial charge in [0, 0.05) is 37.2 Å². The van der Waals surface area contributed by atoms with E-state index < -0.39 is 218 Å². The van der Waals surface area contributed by atoms with Crippen molar-refractivity contribution in [1.82, 2.24) is 0 Å². The highest BCUT2D eigenvalue weighted by Crippen LogP contribution is 2.41. The van der Waals surface area contributed by atoms with Crippen molar-refractivity contribution in [2.24, 2.45) is 0 Å². The van der Waals surface area contributed by atoms with Crippen molar-refractivity contribution in [3.05, 3.63) is 200 Å². The highest BCUT2D eigenvalue weighted by Gasteiger charge is 2.16. The minimum absolute atomic E-state index is 0.132. The first-order chi connectivity index (χ1) is 36.6. The van der Waals surface area contributed by atoms with E-state index in [0.717, 1.165) is 14.8 Å². The predicted octanol–water partition coefficient (Wildman–Crippen LogP) is 14.8. The molecule has 1 heterocycles. The molecular formula is C50H33NS. The van der Waals surface area contributed by atoms with Gasteiger partial charge in [-0.25, -0.2) is 0 Å². The van der Waals surface area contributed by atoms with E-state index in [1.807, 2.05) is 18.2 Å². The van der Waals surface area contributed by atoms with Crippen LogP contribution in [0.3, 0.4) is 0 Å². The van der Waals surface area contributed by atoms with Crippen molar-refractivity contribution in [2.75, 3.05) is 4.90 Å². The van der Waals surface area contributed by atoms with Crippen LogP contribution in [-0.4, -0.2) is 0 Å². The summed E-state index contributed by atoms with van der Waals surface area (Å²) in [5.41, 5.74) is -6.27. The fraction of sp³-hybridized carbons (Fsp3) is 0. The number of rotatable bonds is 6. The maximum absolute atomic E-state index is 9.90. The molecule has 10 aromatic rings. The van der Waals surface area contributed by atoms with Crippen molar-refractivity contribution in [1.29, 1.82) is 0 Å². The van der Waals surface area contributed by atoms with Gasteiger partial charge in [0.2, 0.25) is 0 Å². The number of thiophene rings is 1. The van der Waals surface area contributed by atoms with Crippen molar-refractivity contribution < 1.29 is 35.6 Å². The summed E-state index contributed by atoms with van der Waals surface area (Å²) in [5, 5.41) is -0.944. The largest absolute Gasteiger partial charge is 0.310 e. The summed E-state index contributed by atoms with van der Waals surface area (Å²) in [7, 11) is 0. The van der Waals surface area contributed by atoms with Gasteiger partial charge in [-0.15, -0.1) is 11.3 Å². The van der Waals surface area contributed by atoms with Gasteiger partial charge in [0.1, 0.15) is 0 Å². The first-order valence-electron chi connectivity index (χ1n) is 28.6. The first kappa shape index (κ1) is 13.9. The maximum Gasteiger partial charge on any atom is 0.0651 e. The van der Waals surface area contributed by atoms with Crippen molar-refractivity contribution >= 4 is 70.1 Å². The lowest BCUT2D eigenvalue weighted by Gasteiger charge is -2.26. The monoisotopic (exact) mass is 705 g/mol. The third kappa shape index (κ3) is 5.33. The van der Waals surface area contributed by atoms with E-state index in [4.69, 9.17) is 19.2 Å². The van der Waals surface area contributed by atoms with Crippen LogP contribution in [0.1, 0.15) is 35.6 Å². The number of fused-ring (bicyclic) bond motifs is 5. The normalized spacial score (nSPS) is 18.5. The summed E-state index contributed by atoms with van der Waals surface area (Å²) in [5.74, 6) is 0. The van der Waals surface area contributed by atoms with Gasteiger partial charge < -0.3 is 4.90 Å². The Kier molecular flexibility index (Phi) is 3.40. The molecule has 0 atom stereocenters. The van der Waals surface area contributed by atoms with E-state index in [1.165, 1.54) is 17.4 Å². The number of anilines is 3. The minimum Gasteiger partial charge on any atom is -0.310 e. The maximum atomic E-state index is 9.90. The molecular weight excluding hydrogens is 647 g/mol. The Morgan fingerprint density at radius 2 is 0.942 bits per heavy atom. The predicted molar refractivity (Wildman–Crippen MR) is 225 cm³/mol. The topological polar surface area (TPSA) is 3.24 Å². The molecule has 0 saturated carbocycles. The molecule has 2 heteroatoms. The second-order valence-electron chi connectivity index (χ2n) is 11.3. The lowest BCUT2D eigenvalue weighted by molar-refractivity contribution is 1.28. The van der Waals surface area contributed by atoms with E-state index in [-0.39, 0.29) is 11.1 Å². The molecule has 244 valence electrons. The van der Waals surface area contributed by atoms with Crippen LogP contribution in [0.5, 0.6) is 0 Å². The highest BCUT2D eigenvalue weighted by atomic mass is 32.1. The lowest BCUT2D eigenvalue weighted by atomic mass is 9.97. The number of benzene rings is 9. The zero-order valence-corrected chi connectivity index (χ0v) is 27.2. The highest BCUT2D eigenvalue weighted by molar-refractivity contribution is 7.25. The van der Waals surface area contributed by atoms with Crippen LogP contribution in [0.15, 0.2) is 200 Å². The van der Waals surface area contributed by atoms with Gasteiger partial charge >= 0.3 is 0 Å². The third-order valence-corrected chi connectivity index (χ3v) is 9.45. The second-order valence-corrected chi connectivity index (χ2v) is 12.4. The van der Waals surface area contributed by atoms with E-state index in [2.05, 4.69) is 0 Å². The van der Waals surface area contributed by atoms with Gasteiger partial charge in [0.15, 0.2) is 0 Å². The molecule has 1 nitrogen and oxygen atoms in total.